The van der Waals surface area contributed by atoms with Gasteiger partial charge in [0.2, 0.25) is 0 Å². The quantitative estimate of drug-likeness (QED) is 0.257. The molecule has 1 amide bonds. The largest absolute Gasteiger partial charge is 0.441 e. The van der Waals surface area contributed by atoms with Crippen LogP contribution in [0.15, 0.2) is 90.0 Å². The summed E-state index contributed by atoms with van der Waals surface area (Å²) in [6, 6.07) is 27.1. The first-order valence-electron chi connectivity index (χ1n) is 9.87. The molecule has 0 saturated carbocycles. The molecule has 1 atom stereocenters. The van der Waals surface area contributed by atoms with E-state index in [1.165, 1.54) is 0 Å². The maximum atomic E-state index is 12.7. The van der Waals surface area contributed by atoms with Crippen LogP contribution in [0.4, 0.5) is 10.5 Å². The number of para-hydroxylation sites is 1. The number of benzene rings is 3. The van der Waals surface area contributed by atoms with Crippen molar-refractivity contribution in [2.24, 2.45) is 10.8 Å². The number of rotatable bonds is 8. The van der Waals surface area contributed by atoms with E-state index in [0.29, 0.717) is 18.5 Å². The van der Waals surface area contributed by atoms with E-state index in [0.717, 1.165) is 16.7 Å². The summed E-state index contributed by atoms with van der Waals surface area (Å²) in [4.78, 5) is 12.7. The van der Waals surface area contributed by atoms with Crippen molar-refractivity contribution in [2.45, 2.75) is 18.9 Å². The first-order chi connectivity index (χ1) is 15.1. The highest BCUT2D eigenvalue weighted by atomic mass is 32.1. The minimum atomic E-state index is -0.518. The first-order valence-corrected chi connectivity index (χ1v) is 10.3. The van der Waals surface area contributed by atoms with E-state index in [4.69, 9.17) is 22.7 Å². The molecule has 0 saturated heterocycles. The Morgan fingerprint density at radius 1 is 1.00 bits per heavy atom. The van der Waals surface area contributed by atoms with Crippen molar-refractivity contribution in [3.05, 3.63) is 90.5 Å². The van der Waals surface area contributed by atoms with Gasteiger partial charge in [-0.3, -0.25) is 10.7 Å². The fourth-order valence-corrected chi connectivity index (χ4v) is 3.14. The predicted molar refractivity (Wildman–Crippen MR) is 129 cm³/mol. The Balaban J connectivity index is 1.70. The molecule has 31 heavy (non-hydrogen) atoms. The van der Waals surface area contributed by atoms with E-state index in [1.54, 1.807) is 6.21 Å². The van der Waals surface area contributed by atoms with Gasteiger partial charge in [-0.05, 0) is 42.3 Å². The molecule has 6 nitrogen and oxygen atoms in total. The van der Waals surface area contributed by atoms with Crippen molar-refractivity contribution >= 4 is 35.3 Å². The maximum Gasteiger partial charge on any atom is 0.412 e. The molecule has 3 aromatic carbocycles. The zero-order chi connectivity index (χ0) is 21.9. The Hall–Kier alpha value is -3.71. The van der Waals surface area contributed by atoms with Crippen LogP contribution < -0.4 is 16.5 Å². The van der Waals surface area contributed by atoms with Crippen LogP contribution in [-0.4, -0.2) is 17.4 Å². The molecule has 158 valence electrons. The summed E-state index contributed by atoms with van der Waals surface area (Å²) in [5, 5.41) is 6.92. The van der Waals surface area contributed by atoms with E-state index in [1.807, 2.05) is 84.9 Å². The second-order valence-electron chi connectivity index (χ2n) is 6.71. The average molecular weight is 433 g/mol. The standard InChI is InChI=1S/C24H24N4O2S/c25-23(31)28-26-17-9-16-22(19-12-5-2-6-13-19)30-24(29)27-21-15-8-7-14-20(21)18-10-3-1-4-11-18/h1-8,10-15,17,22H,9,16H2,(H,27,29)(H3,25,28,31). The van der Waals surface area contributed by atoms with Gasteiger partial charge in [0.25, 0.3) is 0 Å². The van der Waals surface area contributed by atoms with Gasteiger partial charge in [-0.1, -0.05) is 78.9 Å². The molecule has 0 aromatic heterocycles. The molecule has 3 aromatic rings. The fourth-order valence-electron chi connectivity index (χ4n) is 3.09. The number of carbonyl (C=O) groups excluding carboxylic acids is 1. The van der Waals surface area contributed by atoms with Crippen LogP contribution in [0.3, 0.4) is 0 Å². The number of thiocarbonyl (C=S) groups is 1. The van der Waals surface area contributed by atoms with Crippen LogP contribution in [0.5, 0.6) is 0 Å². The number of nitrogens with one attached hydrogen (secondary N) is 2. The van der Waals surface area contributed by atoms with Crippen LogP contribution in [0, 0.1) is 0 Å². The van der Waals surface area contributed by atoms with E-state index in [2.05, 4.69) is 15.8 Å². The molecule has 0 bridgehead atoms. The molecule has 0 radical (unpaired) electrons. The molecular formula is C24H24N4O2S. The van der Waals surface area contributed by atoms with Crippen molar-refractivity contribution in [2.75, 3.05) is 5.32 Å². The second kappa shape index (κ2) is 11.5. The van der Waals surface area contributed by atoms with Gasteiger partial charge in [0.05, 0.1) is 5.69 Å². The molecule has 3 rings (SSSR count). The number of anilines is 1. The van der Waals surface area contributed by atoms with Gasteiger partial charge in [0.15, 0.2) is 5.11 Å². The highest BCUT2D eigenvalue weighted by Crippen LogP contribution is 2.29. The number of hydrogen-bond acceptors (Lipinski definition) is 4. The Morgan fingerprint density at radius 3 is 2.35 bits per heavy atom. The van der Waals surface area contributed by atoms with E-state index >= 15 is 0 Å². The molecule has 4 N–H and O–H groups in total. The summed E-state index contributed by atoms with van der Waals surface area (Å²) in [6.07, 6.45) is 1.83. The van der Waals surface area contributed by atoms with E-state index in [-0.39, 0.29) is 5.11 Å². The minimum absolute atomic E-state index is 0.101. The SMILES string of the molecule is NC(=S)NN=CCCC(OC(=O)Nc1ccccc1-c1ccccc1)c1ccccc1. The molecule has 7 heteroatoms. The number of amides is 1. The fraction of sp³-hybridized carbons (Fsp3) is 0.125. The summed E-state index contributed by atoms with van der Waals surface area (Å²) in [6.45, 7) is 0. The van der Waals surface area contributed by atoms with Gasteiger partial charge in [-0.25, -0.2) is 4.79 Å². The van der Waals surface area contributed by atoms with Crippen molar-refractivity contribution in [1.82, 2.24) is 5.43 Å². The third-order valence-electron chi connectivity index (χ3n) is 4.49. The van der Waals surface area contributed by atoms with Gasteiger partial charge < -0.3 is 10.5 Å². The predicted octanol–water partition coefficient (Wildman–Crippen LogP) is 5.24. The maximum absolute atomic E-state index is 12.7. The molecule has 0 aliphatic carbocycles. The molecule has 0 aliphatic heterocycles. The number of ether oxygens (including phenoxy) is 1. The Bertz CT molecular complexity index is 1030. The number of hydrazone groups is 1. The lowest BCUT2D eigenvalue weighted by atomic mass is 10.0. The van der Waals surface area contributed by atoms with Gasteiger partial charge in [-0.15, -0.1) is 0 Å². The number of nitrogens with two attached hydrogens (primary N) is 1. The van der Waals surface area contributed by atoms with Gasteiger partial charge in [-0.2, -0.15) is 5.10 Å². The zero-order valence-electron chi connectivity index (χ0n) is 16.9. The van der Waals surface area contributed by atoms with Gasteiger partial charge in [0.1, 0.15) is 6.10 Å². The Kier molecular flexibility index (Phi) is 8.13. The Morgan fingerprint density at radius 2 is 1.65 bits per heavy atom. The molecule has 0 heterocycles. The molecular weight excluding hydrogens is 408 g/mol. The monoisotopic (exact) mass is 432 g/mol. The third kappa shape index (κ3) is 6.94. The molecule has 0 spiro atoms. The van der Waals surface area contributed by atoms with Crippen LogP contribution in [0.2, 0.25) is 0 Å². The third-order valence-corrected chi connectivity index (χ3v) is 4.58. The number of nitrogens with zero attached hydrogens (tertiary/aromatic N) is 1. The summed E-state index contributed by atoms with van der Waals surface area (Å²) < 4.78 is 5.78. The smallest absolute Gasteiger partial charge is 0.412 e. The topological polar surface area (TPSA) is 88.7 Å². The summed E-state index contributed by atoms with van der Waals surface area (Å²) in [7, 11) is 0. The normalized spacial score (nSPS) is 11.6. The summed E-state index contributed by atoms with van der Waals surface area (Å²) >= 11 is 4.71. The highest BCUT2D eigenvalue weighted by Gasteiger charge is 2.17. The lowest BCUT2D eigenvalue weighted by Gasteiger charge is -2.19. The van der Waals surface area contributed by atoms with E-state index < -0.39 is 12.2 Å². The van der Waals surface area contributed by atoms with E-state index in [9.17, 15) is 4.79 Å². The zero-order valence-corrected chi connectivity index (χ0v) is 17.7. The summed E-state index contributed by atoms with van der Waals surface area (Å²) in [5.74, 6) is 0. The Labute approximate surface area is 187 Å². The number of hydrogen-bond donors (Lipinski definition) is 3. The van der Waals surface area contributed by atoms with Crippen molar-refractivity contribution in [1.29, 1.82) is 0 Å². The van der Waals surface area contributed by atoms with Crippen LogP contribution in [-0.2, 0) is 4.74 Å². The lowest BCUT2D eigenvalue weighted by Crippen LogP contribution is -2.24. The minimum Gasteiger partial charge on any atom is -0.441 e. The molecule has 0 aliphatic rings. The average Bonchev–Trinajstić information content (AvgIpc) is 2.79. The van der Waals surface area contributed by atoms with Crippen molar-refractivity contribution in [3.63, 3.8) is 0 Å². The number of carbonyl (C=O) groups is 1. The molecule has 1 unspecified atom stereocenters. The van der Waals surface area contributed by atoms with Gasteiger partial charge >= 0.3 is 6.09 Å². The van der Waals surface area contributed by atoms with Crippen LogP contribution >= 0.6 is 12.2 Å². The second-order valence-corrected chi connectivity index (χ2v) is 7.15. The highest BCUT2D eigenvalue weighted by molar-refractivity contribution is 7.80. The summed E-state index contributed by atoms with van der Waals surface area (Å²) in [5.41, 5.74) is 11.4. The van der Waals surface area contributed by atoms with Crippen molar-refractivity contribution in [3.8, 4) is 11.1 Å². The van der Waals surface area contributed by atoms with Gasteiger partial charge in [0, 0.05) is 11.8 Å². The first kappa shape index (κ1) is 22.0. The van der Waals surface area contributed by atoms with Crippen LogP contribution in [0.1, 0.15) is 24.5 Å². The van der Waals surface area contributed by atoms with Crippen molar-refractivity contribution < 1.29 is 9.53 Å². The van der Waals surface area contributed by atoms with Crippen LogP contribution in [0.25, 0.3) is 11.1 Å². The molecule has 0 fully saturated rings. The lowest BCUT2D eigenvalue weighted by molar-refractivity contribution is 0.107.